The van der Waals surface area contributed by atoms with Crippen molar-refractivity contribution in [2.75, 3.05) is 19.0 Å². The smallest absolute Gasteiger partial charge is 0.337 e. The molecule has 27 heavy (non-hydrogen) atoms. The number of rotatable bonds is 6. The van der Waals surface area contributed by atoms with Crippen LogP contribution >= 0.6 is 12.2 Å². The lowest BCUT2D eigenvalue weighted by molar-refractivity contribution is -0.384. The average Bonchev–Trinajstić information content (AvgIpc) is 2.66. The predicted octanol–water partition coefficient (Wildman–Crippen LogP) is 2.27. The summed E-state index contributed by atoms with van der Waals surface area (Å²) in [4.78, 5) is 33.3. The number of amides is 1. The van der Waals surface area contributed by atoms with Crippen molar-refractivity contribution >= 4 is 40.6 Å². The van der Waals surface area contributed by atoms with Crippen LogP contribution in [-0.2, 0) is 9.53 Å². The van der Waals surface area contributed by atoms with Gasteiger partial charge < -0.3 is 14.8 Å². The Kier molecular flexibility index (Phi) is 6.78. The molecule has 0 radical (unpaired) electrons. The van der Waals surface area contributed by atoms with Crippen molar-refractivity contribution in [3.8, 4) is 5.75 Å². The molecule has 2 aromatic carbocycles. The number of nitro groups is 1. The van der Waals surface area contributed by atoms with E-state index in [0.29, 0.717) is 17.0 Å². The van der Waals surface area contributed by atoms with Gasteiger partial charge in [0, 0.05) is 17.8 Å². The van der Waals surface area contributed by atoms with Crippen LogP contribution in [0.5, 0.6) is 5.75 Å². The maximum absolute atomic E-state index is 11.9. The SMILES string of the molecule is COC(=O)c1ccc(OCC(=O)NC(=S)Nc2ccc([N+](=O)[O-])cc2)cc1. The quantitative estimate of drug-likeness (QED) is 0.334. The molecular weight excluding hydrogens is 374 g/mol. The number of hydrogen-bond acceptors (Lipinski definition) is 7. The normalized spacial score (nSPS) is 9.81. The molecule has 0 fully saturated rings. The highest BCUT2D eigenvalue weighted by atomic mass is 32.1. The zero-order valence-electron chi connectivity index (χ0n) is 14.1. The first-order valence-corrected chi connectivity index (χ1v) is 7.96. The summed E-state index contributed by atoms with van der Waals surface area (Å²) < 4.78 is 9.89. The third-order valence-corrected chi connectivity index (χ3v) is 3.44. The summed E-state index contributed by atoms with van der Waals surface area (Å²) in [6.45, 7) is -0.292. The fourth-order valence-electron chi connectivity index (χ4n) is 1.95. The molecule has 9 nitrogen and oxygen atoms in total. The second-order valence-electron chi connectivity index (χ2n) is 5.11. The summed E-state index contributed by atoms with van der Waals surface area (Å²) in [5, 5.41) is 15.8. The molecule has 0 bridgehead atoms. The zero-order chi connectivity index (χ0) is 19.8. The van der Waals surface area contributed by atoms with Gasteiger partial charge in [0.05, 0.1) is 17.6 Å². The van der Waals surface area contributed by atoms with Gasteiger partial charge in [-0.05, 0) is 48.6 Å². The van der Waals surface area contributed by atoms with Gasteiger partial charge >= 0.3 is 5.97 Å². The molecule has 0 spiro atoms. The number of carbonyl (C=O) groups excluding carboxylic acids is 2. The van der Waals surface area contributed by atoms with Crippen LogP contribution in [0.3, 0.4) is 0 Å². The molecule has 0 aliphatic heterocycles. The van der Waals surface area contributed by atoms with Crippen LogP contribution in [0.4, 0.5) is 11.4 Å². The third-order valence-electron chi connectivity index (χ3n) is 3.23. The standard InChI is InChI=1S/C17H15N3O6S/c1-25-16(22)11-2-8-14(9-3-11)26-10-15(21)19-17(27)18-12-4-6-13(7-5-12)20(23)24/h2-9H,10H2,1H3,(H2,18,19,21,27). The molecule has 0 aliphatic rings. The van der Waals surface area contributed by atoms with E-state index in [2.05, 4.69) is 15.4 Å². The number of methoxy groups -OCH3 is 1. The van der Waals surface area contributed by atoms with Crippen LogP contribution < -0.4 is 15.4 Å². The summed E-state index contributed by atoms with van der Waals surface area (Å²) in [7, 11) is 1.28. The van der Waals surface area contributed by atoms with E-state index in [1.807, 2.05) is 0 Å². The molecule has 2 aromatic rings. The van der Waals surface area contributed by atoms with Crippen LogP contribution in [0, 0.1) is 10.1 Å². The molecule has 0 atom stereocenters. The minimum atomic E-state index is -0.515. The number of ether oxygens (including phenoxy) is 2. The van der Waals surface area contributed by atoms with E-state index >= 15 is 0 Å². The zero-order valence-corrected chi connectivity index (χ0v) is 14.9. The number of thiocarbonyl (C=S) groups is 1. The number of nitrogens with zero attached hydrogens (tertiary/aromatic N) is 1. The van der Waals surface area contributed by atoms with Crippen molar-refractivity contribution in [3.63, 3.8) is 0 Å². The van der Waals surface area contributed by atoms with Crippen molar-refractivity contribution in [2.24, 2.45) is 0 Å². The Morgan fingerprint density at radius 3 is 2.30 bits per heavy atom. The van der Waals surface area contributed by atoms with Gasteiger partial charge in [-0.3, -0.25) is 20.2 Å². The minimum Gasteiger partial charge on any atom is -0.484 e. The van der Waals surface area contributed by atoms with E-state index in [1.54, 1.807) is 0 Å². The summed E-state index contributed by atoms with van der Waals surface area (Å²) >= 11 is 5.00. The molecule has 0 aliphatic carbocycles. The van der Waals surface area contributed by atoms with E-state index in [0.717, 1.165) is 0 Å². The second kappa shape index (κ2) is 9.25. The molecule has 0 saturated heterocycles. The molecule has 2 rings (SSSR count). The lowest BCUT2D eigenvalue weighted by atomic mass is 10.2. The number of anilines is 1. The van der Waals surface area contributed by atoms with Gasteiger partial charge in [0.25, 0.3) is 11.6 Å². The fraction of sp³-hybridized carbons (Fsp3) is 0.118. The van der Waals surface area contributed by atoms with E-state index < -0.39 is 16.8 Å². The Hall–Kier alpha value is -3.53. The first kappa shape index (κ1) is 19.8. The average molecular weight is 389 g/mol. The Morgan fingerprint density at radius 2 is 1.74 bits per heavy atom. The van der Waals surface area contributed by atoms with E-state index in [-0.39, 0.29) is 17.4 Å². The largest absolute Gasteiger partial charge is 0.484 e. The molecule has 0 unspecified atom stereocenters. The second-order valence-corrected chi connectivity index (χ2v) is 5.52. The number of carbonyl (C=O) groups is 2. The highest BCUT2D eigenvalue weighted by Crippen LogP contribution is 2.15. The molecule has 1 amide bonds. The summed E-state index contributed by atoms with van der Waals surface area (Å²) in [6, 6.07) is 11.7. The molecule has 10 heteroatoms. The van der Waals surface area contributed by atoms with Gasteiger partial charge in [-0.25, -0.2) is 4.79 Å². The number of hydrogen-bond donors (Lipinski definition) is 2. The molecular formula is C17H15N3O6S. The number of esters is 1. The number of non-ortho nitro benzene ring substituents is 1. The number of nitrogens with one attached hydrogen (secondary N) is 2. The highest BCUT2D eigenvalue weighted by Gasteiger charge is 2.09. The molecule has 2 N–H and O–H groups in total. The Morgan fingerprint density at radius 1 is 1.11 bits per heavy atom. The lowest BCUT2D eigenvalue weighted by Crippen LogP contribution is -2.37. The van der Waals surface area contributed by atoms with Crippen molar-refractivity contribution in [2.45, 2.75) is 0 Å². The number of benzene rings is 2. The minimum absolute atomic E-state index is 0.0264. The van der Waals surface area contributed by atoms with E-state index in [9.17, 15) is 19.7 Å². The van der Waals surface area contributed by atoms with Crippen LogP contribution in [-0.4, -0.2) is 35.6 Å². The Balaban J connectivity index is 1.80. The fourth-order valence-corrected chi connectivity index (χ4v) is 2.18. The monoisotopic (exact) mass is 389 g/mol. The predicted molar refractivity (Wildman–Crippen MR) is 101 cm³/mol. The van der Waals surface area contributed by atoms with E-state index in [4.69, 9.17) is 17.0 Å². The Labute approximate surface area is 159 Å². The highest BCUT2D eigenvalue weighted by molar-refractivity contribution is 7.80. The van der Waals surface area contributed by atoms with Gasteiger partial charge in [0.15, 0.2) is 11.7 Å². The van der Waals surface area contributed by atoms with Gasteiger partial charge in [0.2, 0.25) is 0 Å². The first-order valence-electron chi connectivity index (χ1n) is 7.55. The Bertz CT molecular complexity index is 852. The lowest BCUT2D eigenvalue weighted by Gasteiger charge is -2.10. The molecule has 0 aromatic heterocycles. The van der Waals surface area contributed by atoms with Gasteiger partial charge in [-0.15, -0.1) is 0 Å². The molecule has 0 heterocycles. The van der Waals surface area contributed by atoms with Gasteiger partial charge in [-0.2, -0.15) is 0 Å². The van der Waals surface area contributed by atoms with Crippen molar-refractivity contribution in [1.29, 1.82) is 0 Å². The van der Waals surface area contributed by atoms with Crippen molar-refractivity contribution in [1.82, 2.24) is 5.32 Å². The van der Waals surface area contributed by atoms with Crippen LogP contribution in [0.25, 0.3) is 0 Å². The van der Waals surface area contributed by atoms with Crippen LogP contribution in [0.2, 0.25) is 0 Å². The maximum Gasteiger partial charge on any atom is 0.337 e. The van der Waals surface area contributed by atoms with Crippen molar-refractivity contribution in [3.05, 3.63) is 64.2 Å². The van der Waals surface area contributed by atoms with Crippen LogP contribution in [0.1, 0.15) is 10.4 Å². The molecule has 0 saturated carbocycles. The van der Waals surface area contributed by atoms with E-state index in [1.165, 1.54) is 55.6 Å². The van der Waals surface area contributed by atoms with Crippen molar-refractivity contribution < 1.29 is 24.0 Å². The summed E-state index contributed by atoms with van der Waals surface area (Å²) in [5.41, 5.74) is 0.801. The van der Waals surface area contributed by atoms with Gasteiger partial charge in [0.1, 0.15) is 5.75 Å². The third kappa shape index (κ3) is 6.04. The van der Waals surface area contributed by atoms with Crippen LogP contribution in [0.15, 0.2) is 48.5 Å². The maximum atomic E-state index is 11.9. The number of nitro benzene ring substituents is 1. The van der Waals surface area contributed by atoms with Gasteiger partial charge in [-0.1, -0.05) is 0 Å². The summed E-state index contributed by atoms with van der Waals surface area (Å²) in [6.07, 6.45) is 0. The topological polar surface area (TPSA) is 120 Å². The summed E-state index contributed by atoms with van der Waals surface area (Å²) in [5.74, 6) is -0.569. The first-order chi connectivity index (χ1) is 12.9. The molecule has 140 valence electrons.